The van der Waals surface area contributed by atoms with Gasteiger partial charge in [-0.1, -0.05) is 6.07 Å². The van der Waals surface area contributed by atoms with Crippen molar-refractivity contribution in [2.24, 2.45) is 0 Å². The third-order valence-corrected chi connectivity index (χ3v) is 7.79. The van der Waals surface area contributed by atoms with Crippen LogP contribution >= 0.6 is 11.3 Å². The van der Waals surface area contributed by atoms with Crippen LogP contribution in [0, 0.1) is 0 Å². The Kier molecular flexibility index (Phi) is 6.53. The summed E-state index contributed by atoms with van der Waals surface area (Å²) in [6, 6.07) is 11.0. The monoisotopic (exact) mass is 397 g/mol. The molecule has 0 bridgehead atoms. The second-order valence-electron chi connectivity index (χ2n) is 6.21. The predicted octanol–water partition coefficient (Wildman–Crippen LogP) is 1.12. The van der Waals surface area contributed by atoms with Gasteiger partial charge in [0.2, 0.25) is 0 Å². The molecule has 26 heavy (non-hydrogen) atoms. The number of nitrogens with one attached hydrogen (secondary N) is 1. The van der Waals surface area contributed by atoms with Crippen LogP contribution in [-0.4, -0.2) is 59.2 Å². The van der Waals surface area contributed by atoms with E-state index < -0.39 is 10.0 Å². The fourth-order valence-electron chi connectivity index (χ4n) is 3.01. The zero-order valence-electron chi connectivity index (χ0n) is 14.9. The highest BCUT2D eigenvalue weighted by atomic mass is 32.2. The van der Waals surface area contributed by atoms with Crippen LogP contribution in [0.15, 0.2) is 46.0 Å². The molecule has 1 aliphatic heterocycles. The fraction of sp³-hybridized carbons (Fsp3) is 0.444. The molecule has 1 aromatic carbocycles. The molecule has 0 radical (unpaired) electrons. The molecule has 0 unspecified atom stereocenters. The smallest absolute Gasteiger partial charge is 0.252 e. The zero-order valence-corrected chi connectivity index (χ0v) is 16.5. The lowest BCUT2D eigenvalue weighted by Gasteiger charge is -2.31. The van der Waals surface area contributed by atoms with Crippen LogP contribution in [0.25, 0.3) is 0 Å². The maximum Gasteiger partial charge on any atom is 0.252 e. The number of quaternary nitrogens is 1. The van der Waals surface area contributed by atoms with Crippen molar-refractivity contribution in [3.8, 4) is 11.5 Å². The quantitative estimate of drug-likeness (QED) is 0.678. The summed E-state index contributed by atoms with van der Waals surface area (Å²) in [4.78, 5) is 1.43. The number of sulfonamides is 1. The summed E-state index contributed by atoms with van der Waals surface area (Å²) in [6.45, 7) is 4.49. The Morgan fingerprint density at radius 3 is 2.42 bits per heavy atom. The summed E-state index contributed by atoms with van der Waals surface area (Å²) < 4.78 is 38.0. The van der Waals surface area contributed by atoms with E-state index in [4.69, 9.17) is 9.47 Å². The van der Waals surface area contributed by atoms with Crippen LogP contribution in [0.1, 0.15) is 6.42 Å². The average Bonchev–Trinajstić information content (AvgIpc) is 3.22. The SMILES string of the molecule is COc1ccc(OCCC[NH+]2CCN(S(=O)(=O)c3cccs3)CC2)cc1. The lowest BCUT2D eigenvalue weighted by Crippen LogP contribution is -3.14. The highest BCUT2D eigenvalue weighted by Crippen LogP contribution is 2.20. The molecule has 0 saturated carbocycles. The van der Waals surface area contributed by atoms with Crippen molar-refractivity contribution in [1.29, 1.82) is 0 Å². The molecule has 2 heterocycles. The number of methoxy groups -OCH3 is 1. The van der Waals surface area contributed by atoms with E-state index in [2.05, 4.69) is 0 Å². The van der Waals surface area contributed by atoms with Crippen molar-refractivity contribution in [2.75, 3.05) is 46.4 Å². The van der Waals surface area contributed by atoms with E-state index in [-0.39, 0.29) is 0 Å². The lowest BCUT2D eigenvalue weighted by molar-refractivity contribution is -0.903. The van der Waals surface area contributed by atoms with Gasteiger partial charge in [0.1, 0.15) is 15.7 Å². The molecule has 0 aliphatic carbocycles. The number of thiophene rings is 1. The fourth-order valence-corrected chi connectivity index (χ4v) is 5.60. The molecule has 8 heteroatoms. The van der Waals surface area contributed by atoms with Gasteiger partial charge in [-0.15, -0.1) is 11.3 Å². The van der Waals surface area contributed by atoms with E-state index in [1.165, 1.54) is 16.2 Å². The van der Waals surface area contributed by atoms with Crippen molar-refractivity contribution in [3.63, 3.8) is 0 Å². The Bertz CT molecular complexity index is 768. The predicted molar refractivity (Wildman–Crippen MR) is 102 cm³/mol. The third-order valence-electron chi connectivity index (χ3n) is 4.52. The third kappa shape index (κ3) is 4.76. The minimum absolute atomic E-state index is 0.439. The summed E-state index contributed by atoms with van der Waals surface area (Å²) in [7, 11) is -1.66. The average molecular weight is 398 g/mol. The first-order valence-corrected chi connectivity index (χ1v) is 11.1. The van der Waals surface area contributed by atoms with Gasteiger partial charge in [-0.25, -0.2) is 8.42 Å². The van der Waals surface area contributed by atoms with Crippen LogP contribution in [0.4, 0.5) is 0 Å². The van der Waals surface area contributed by atoms with Crippen molar-refractivity contribution >= 4 is 21.4 Å². The van der Waals surface area contributed by atoms with Gasteiger partial charge in [0.05, 0.1) is 46.4 Å². The number of hydrogen-bond donors (Lipinski definition) is 1. The van der Waals surface area contributed by atoms with Crippen molar-refractivity contribution < 1.29 is 22.8 Å². The van der Waals surface area contributed by atoms with Gasteiger partial charge in [-0.2, -0.15) is 4.31 Å². The molecule has 1 N–H and O–H groups in total. The summed E-state index contributed by atoms with van der Waals surface area (Å²) in [5.74, 6) is 1.66. The molecule has 1 aromatic heterocycles. The second kappa shape index (κ2) is 8.85. The number of piperazine rings is 1. The molecule has 2 aromatic rings. The first-order valence-electron chi connectivity index (χ1n) is 8.73. The summed E-state index contributed by atoms with van der Waals surface area (Å²) >= 11 is 1.28. The second-order valence-corrected chi connectivity index (χ2v) is 9.33. The molecule has 1 saturated heterocycles. The summed E-state index contributed by atoms with van der Waals surface area (Å²) in [6.07, 6.45) is 0.943. The Labute approximate surface area is 159 Å². The first kappa shape index (κ1) is 19.2. The number of benzene rings is 1. The van der Waals surface area contributed by atoms with Gasteiger partial charge in [0.15, 0.2) is 0 Å². The number of hydrogen-bond acceptors (Lipinski definition) is 5. The van der Waals surface area contributed by atoms with Gasteiger partial charge in [0, 0.05) is 6.42 Å². The van der Waals surface area contributed by atoms with Crippen LogP contribution in [0.2, 0.25) is 0 Å². The Morgan fingerprint density at radius 2 is 1.81 bits per heavy atom. The molecular formula is C18H25N2O4S2+. The van der Waals surface area contributed by atoms with Gasteiger partial charge in [-0.3, -0.25) is 0 Å². The van der Waals surface area contributed by atoms with Gasteiger partial charge < -0.3 is 14.4 Å². The van der Waals surface area contributed by atoms with Gasteiger partial charge in [-0.05, 0) is 35.7 Å². The number of ether oxygens (including phenoxy) is 2. The lowest BCUT2D eigenvalue weighted by atomic mass is 10.3. The zero-order chi connectivity index (χ0) is 18.4. The normalized spacial score (nSPS) is 16.5. The largest absolute Gasteiger partial charge is 0.497 e. The van der Waals surface area contributed by atoms with E-state index in [1.807, 2.05) is 24.3 Å². The van der Waals surface area contributed by atoms with Crippen LogP contribution < -0.4 is 14.4 Å². The Hall–Kier alpha value is -1.61. The maximum absolute atomic E-state index is 12.5. The van der Waals surface area contributed by atoms with E-state index in [1.54, 1.807) is 28.9 Å². The van der Waals surface area contributed by atoms with Crippen molar-refractivity contribution in [1.82, 2.24) is 4.31 Å². The van der Waals surface area contributed by atoms with E-state index in [0.717, 1.165) is 37.6 Å². The van der Waals surface area contributed by atoms with E-state index >= 15 is 0 Å². The molecule has 3 rings (SSSR count). The van der Waals surface area contributed by atoms with Gasteiger partial charge >= 0.3 is 0 Å². The molecule has 1 fully saturated rings. The standard InChI is InChI=1S/C18H24N2O4S2/c1-23-16-5-7-17(8-6-16)24-14-3-9-19-10-12-20(13-11-19)26(21,22)18-4-2-15-25-18/h2,4-8,15H,3,9-14H2,1H3/p+1. The molecule has 0 atom stereocenters. The Morgan fingerprint density at radius 1 is 1.12 bits per heavy atom. The Balaban J connectivity index is 1.37. The molecule has 0 amide bonds. The molecule has 1 aliphatic rings. The molecule has 0 spiro atoms. The molecule has 6 nitrogen and oxygen atoms in total. The van der Waals surface area contributed by atoms with Crippen LogP contribution in [0.3, 0.4) is 0 Å². The molecular weight excluding hydrogens is 372 g/mol. The number of nitrogens with zero attached hydrogens (tertiary/aromatic N) is 1. The number of rotatable bonds is 8. The maximum atomic E-state index is 12.5. The highest BCUT2D eigenvalue weighted by molar-refractivity contribution is 7.91. The topological polar surface area (TPSA) is 60.3 Å². The van der Waals surface area contributed by atoms with Crippen molar-refractivity contribution in [2.45, 2.75) is 10.6 Å². The van der Waals surface area contributed by atoms with E-state index in [9.17, 15) is 8.42 Å². The van der Waals surface area contributed by atoms with E-state index in [0.29, 0.717) is 23.9 Å². The van der Waals surface area contributed by atoms with Crippen molar-refractivity contribution in [3.05, 3.63) is 41.8 Å². The molecule has 142 valence electrons. The van der Waals surface area contributed by atoms with Gasteiger partial charge in [0.25, 0.3) is 10.0 Å². The first-order chi connectivity index (χ1) is 12.6. The minimum atomic E-state index is -3.31. The summed E-state index contributed by atoms with van der Waals surface area (Å²) in [5, 5.41) is 1.80. The highest BCUT2D eigenvalue weighted by Gasteiger charge is 2.30. The van der Waals surface area contributed by atoms with Crippen LogP contribution in [-0.2, 0) is 10.0 Å². The minimum Gasteiger partial charge on any atom is -0.497 e. The summed E-state index contributed by atoms with van der Waals surface area (Å²) in [5.41, 5.74) is 0. The van der Waals surface area contributed by atoms with Crippen LogP contribution in [0.5, 0.6) is 11.5 Å².